The van der Waals surface area contributed by atoms with Gasteiger partial charge in [0.2, 0.25) is 0 Å². The lowest BCUT2D eigenvalue weighted by molar-refractivity contribution is 0.437. The second-order valence-corrected chi connectivity index (χ2v) is 8.89. The minimum Gasteiger partial charge on any atom is -0.504 e. The van der Waals surface area contributed by atoms with E-state index in [0.717, 1.165) is 42.3 Å². The van der Waals surface area contributed by atoms with E-state index in [2.05, 4.69) is 26.4 Å². The van der Waals surface area contributed by atoms with Crippen molar-refractivity contribution in [2.45, 2.75) is 0 Å². The van der Waals surface area contributed by atoms with Crippen LogP contribution < -0.4 is 10.2 Å². The van der Waals surface area contributed by atoms with Crippen LogP contribution in [0.2, 0.25) is 0 Å². The number of thiazole rings is 1. The first-order valence-corrected chi connectivity index (χ1v) is 11.5. The van der Waals surface area contributed by atoms with Crippen LogP contribution in [0.4, 0.5) is 10.1 Å². The molecule has 5 aromatic rings. The summed E-state index contributed by atoms with van der Waals surface area (Å²) in [5.41, 5.74) is 2.80. The van der Waals surface area contributed by atoms with Gasteiger partial charge in [-0.05, 0) is 24.3 Å². The largest absolute Gasteiger partial charge is 0.504 e. The number of aryl methyl sites for hydroxylation is 1. The molecule has 0 unspecified atom stereocenters. The van der Waals surface area contributed by atoms with Crippen LogP contribution in [-0.2, 0) is 7.05 Å². The van der Waals surface area contributed by atoms with Crippen molar-refractivity contribution in [3.63, 3.8) is 0 Å². The number of nitrogens with zero attached hydrogens (tertiary/aromatic N) is 6. The summed E-state index contributed by atoms with van der Waals surface area (Å²) in [5.74, 6) is -1.05. The monoisotopic (exact) mass is 461 g/mol. The van der Waals surface area contributed by atoms with Crippen LogP contribution in [0, 0.1) is 5.82 Å². The van der Waals surface area contributed by atoms with Gasteiger partial charge in [-0.25, -0.2) is 19.3 Å². The van der Waals surface area contributed by atoms with Crippen LogP contribution in [0.15, 0.2) is 42.0 Å². The van der Waals surface area contributed by atoms with Gasteiger partial charge in [-0.3, -0.25) is 4.68 Å². The van der Waals surface area contributed by atoms with Gasteiger partial charge in [-0.1, -0.05) is 0 Å². The molecule has 0 amide bonds. The van der Waals surface area contributed by atoms with E-state index in [1.165, 1.54) is 16.0 Å². The summed E-state index contributed by atoms with van der Waals surface area (Å²) in [4.78, 5) is 16.3. The second kappa shape index (κ2) is 7.75. The van der Waals surface area contributed by atoms with Crippen LogP contribution in [0.5, 0.6) is 5.75 Å². The van der Waals surface area contributed by atoms with Crippen molar-refractivity contribution in [2.24, 2.45) is 7.05 Å². The first-order valence-electron chi connectivity index (χ1n) is 10.6. The summed E-state index contributed by atoms with van der Waals surface area (Å²) in [6.07, 6.45) is 3.43. The van der Waals surface area contributed by atoms with Crippen molar-refractivity contribution in [3.8, 4) is 27.8 Å². The van der Waals surface area contributed by atoms with Crippen LogP contribution in [0.25, 0.3) is 43.9 Å². The maximum absolute atomic E-state index is 14.9. The lowest BCUT2D eigenvalue weighted by atomic mass is 10.1. The Labute approximate surface area is 192 Å². The Morgan fingerprint density at radius 1 is 1.15 bits per heavy atom. The number of aromatic hydroxyl groups is 1. The van der Waals surface area contributed by atoms with Gasteiger partial charge in [-0.2, -0.15) is 5.10 Å². The van der Waals surface area contributed by atoms with Gasteiger partial charge < -0.3 is 15.3 Å². The Morgan fingerprint density at radius 2 is 2.00 bits per heavy atom. The third kappa shape index (κ3) is 3.38. The molecule has 1 aliphatic heterocycles. The molecule has 0 bridgehead atoms. The van der Waals surface area contributed by atoms with Gasteiger partial charge in [-0.15, -0.1) is 11.3 Å². The number of nitrogens with one attached hydrogen (secondary N) is 1. The smallest absolute Gasteiger partial charge is 0.193 e. The van der Waals surface area contributed by atoms with Gasteiger partial charge >= 0.3 is 0 Å². The summed E-state index contributed by atoms with van der Waals surface area (Å²) in [7, 11) is 1.71. The number of aromatic nitrogens is 5. The number of anilines is 1. The van der Waals surface area contributed by atoms with Gasteiger partial charge in [0.05, 0.1) is 11.1 Å². The van der Waals surface area contributed by atoms with Crippen molar-refractivity contribution >= 4 is 38.8 Å². The molecule has 0 atom stereocenters. The van der Waals surface area contributed by atoms with Crippen LogP contribution in [-0.4, -0.2) is 56.0 Å². The summed E-state index contributed by atoms with van der Waals surface area (Å²) < 4.78 is 16.4. The molecule has 33 heavy (non-hydrogen) atoms. The third-order valence-electron chi connectivity index (χ3n) is 5.87. The van der Waals surface area contributed by atoms with Gasteiger partial charge in [0.1, 0.15) is 16.2 Å². The Morgan fingerprint density at radius 3 is 2.79 bits per heavy atom. The van der Waals surface area contributed by atoms with Crippen molar-refractivity contribution in [2.75, 3.05) is 31.1 Å². The molecule has 6 rings (SSSR count). The maximum Gasteiger partial charge on any atom is 0.193 e. The fraction of sp³-hybridized carbons (Fsp3) is 0.217. The van der Waals surface area contributed by atoms with E-state index in [-0.39, 0.29) is 16.9 Å². The highest BCUT2D eigenvalue weighted by Crippen LogP contribution is 2.38. The third-order valence-corrected chi connectivity index (χ3v) is 6.64. The van der Waals surface area contributed by atoms with E-state index in [1.807, 2.05) is 17.5 Å². The minimum absolute atomic E-state index is 0.111. The molecule has 166 valence electrons. The van der Waals surface area contributed by atoms with E-state index in [0.29, 0.717) is 16.6 Å². The molecule has 3 aromatic heterocycles. The fourth-order valence-corrected chi connectivity index (χ4v) is 4.91. The molecule has 2 N–H and O–H groups in total. The number of rotatable bonds is 3. The van der Waals surface area contributed by atoms with Crippen LogP contribution in [0.3, 0.4) is 0 Å². The molecule has 8 nitrogen and oxygen atoms in total. The Balaban J connectivity index is 1.57. The quantitative estimate of drug-likeness (QED) is 0.424. The molecule has 1 saturated heterocycles. The second-order valence-electron chi connectivity index (χ2n) is 8.00. The highest BCUT2D eigenvalue weighted by Gasteiger charge is 2.21. The first-order chi connectivity index (χ1) is 16.1. The number of piperazine rings is 1. The molecule has 0 saturated carbocycles. The van der Waals surface area contributed by atoms with Crippen LogP contribution >= 0.6 is 11.3 Å². The standard InChI is InChI=1S/C23H20FN7OS/c1-30-12-13-10-16(21(32)18(24)19(13)29-30)22-27-17-3-2-14(31-7-4-25-5-8-31)11-15(17)20(28-22)23-26-6-9-33-23/h2-3,6,9-12,25,32H,4-5,7-8H2,1H3. The van der Waals surface area contributed by atoms with Crippen LogP contribution in [0.1, 0.15) is 0 Å². The average Bonchev–Trinajstić information content (AvgIpc) is 3.51. The van der Waals surface area contributed by atoms with E-state index >= 15 is 0 Å². The fourth-order valence-electron chi connectivity index (χ4n) is 4.27. The SMILES string of the molecule is Cn1cc2cc(-c3nc(-c4nccs4)c4cc(N5CCNCC5)ccc4n3)c(O)c(F)c2n1. The highest BCUT2D eigenvalue weighted by molar-refractivity contribution is 7.13. The number of phenolic OH excluding ortho intramolecular Hbond substituents is 1. The van der Waals surface area contributed by atoms with E-state index < -0.39 is 11.6 Å². The van der Waals surface area contributed by atoms with Crippen molar-refractivity contribution in [3.05, 3.63) is 47.9 Å². The number of hydrogen-bond donors (Lipinski definition) is 2. The minimum atomic E-state index is -0.781. The number of phenols is 1. The summed E-state index contributed by atoms with van der Waals surface area (Å²) in [6, 6.07) is 7.75. The molecule has 2 aromatic carbocycles. The van der Waals surface area contributed by atoms with Crippen molar-refractivity contribution < 1.29 is 9.50 Å². The number of hydrogen-bond acceptors (Lipinski definition) is 8. The Bertz CT molecular complexity index is 1490. The zero-order valence-electron chi connectivity index (χ0n) is 17.8. The number of halogens is 1. The van der Waals surface area contributed by atoms with E-state index in [4.69, 9.17) is 9.97 Å². The number of benzene rings is 2. The molecule has 1 fully saturated rings. The first kappa shape index (κ1) is 20.0. The molecule has 0 spiro atoms. The molecule has 0 radical (unpaired) electrons. The van der Waals surface area contributed by atoms with Gasteiger partial charge in [0.25, 0.3) is 0 Å². The molecular weight excluding hydrogens is 441 g/mol. The van der Waals surface area contributed by atoms with Gasteiger partial charge in [0, 0.05) is 67.5 Å². The van der Waals surface area contributed by atoms with Gasteiger partial charge in [0.15, 0.2) is 17.4 Å². The van der Waals surface area contributed by atoms with Crippen molar-refractivity contribution in [1.82, 2.24) is 30.0 Å². The predicted octanol–water partition coefficient (Wildman–Crippen LogP) is 3.56. The maximum atomic E-state index is 14.9. The number of fused-ring (bicyclic) bond motifs is 2. The van der Waals surface area contributed by atoms with E-state index in [9.17, 15) is 9.50 Å². The zero-order valence-corrected chi connectivity index (χ0v) is 18.6. The highest BCUT2D eigenvalue weighted by atomic mass is 32.1. The molecular formula is C23H20FN7OS. The summed E-state index contributed by atoms with van der Waals surface area (Å²) in [5, 5.41) is 22.2. The normalized spacial score (nSPS) is 14.4. The Hall–Kier alpha value is -3.63. The lowest BCUT2D eigenvalue weighted by Gasteiger charge is -2.29. The summed E-state index contributed by atoms with van der Waals surface area (Å²) >= 11 is 1.47. The lowest BCUT2D eigenvalue weighted by Crippen LogP contribution is -2.43. The topological polar surface area (TPSA) is 92.0 Å². The van der Waals surface area contributed by atoms with Crippen molar-refractivity contribution in [1.29, 1.82) is 0 Å². The average molecular weight is 462 g/mol. The Kier molecular flexibility index (Phi) is 4.70. The van der Waals surface area contributed by atoms with E-state index in [1.54, 1.807) is 25.5 Å². The molecule has 4 heterocycles. The molecule has 1 aliphatic rings. The summed E-state index contributed by atoms with van der Waals surface area (Å²) in [6.45, 7) is 3.73. The molecule has 0 aliphatic carbocycles. The zero-order chi connectivity index (χ0) is 22.5. The predicted molar refractivity (Wildman–Crippen MR) is 127 cm³/mol. The molecule has 10 heteroatoms.